The summed E-state index contributed by atoms with van der Waals surface area (Å²) in [5.41, 5.74) is 5.10. The Morgan fingerprint density at radius 2 is 1.23 bits per heavy atom. The van der Waals surface area contributed by atoms with Crippen molar-refractivity contribution in [1.82, 2.24) is 15.0 Å². The van der Waals surface area contributed by atoms with Crippen LogP contribution in [0.1, 0.15) is 101 Å². The second-order valence-electron chi connectivity index (χ2n) is 13.5. The molecule has 3 aromatic rings. The summed E-state index contributed by atoms with van der Waals surface area (Å²) in [6.07, 6.45) is 8.28. The molecule has 7 nitrogen and oxygen atoms in total. The van der Waals surface area contributed by atoms with Gasteiger partial charge in [-0.05, 0) is 151 Å². The Morgan fingerprint density at radius 1 is 0.750 bits per heavy atom. The predicted molar refractivity (Wildman–Crippen MR) is 211 cm³/mol. The molecule has 0 atom stereocenters. The molecule has 6 radical (unpaired) electrons. The average molecular weight is 837 g/mol. The maximum Gasteiger partial charge on any atom is 0.496 e. The fourth-order valence-corrected chi connectivity index (χ4v) is 5.03. The molecule has 1 saturated heterocycles. The Balaban J connectivity index is 0.000000182. The van der Waals surface area contributed by atoms with Crippen molar-refractivity contribution < 1.29 is 19.4 Å². The van der Waals surface area contributed by atoms with E-state index in [0.717, 1.165) is 49.2 Å². The van der Waals surface area contributed by atoms with E-state index in [4.69, 9.17) is 24.3 Å². The van der Waals surface area contributed by atoms with Gasteiger partial charge in [-0.1, -0.05) is 18.9 Å². The van der Waals surface area contributed by atoms with E-state index in [-0.39, 0.29) is 24.1 Å². The number of hydrogen-bond acceptors (Lipinski definition) is 7. The van der Waals surface area contributed by atoms with Crippen molar-refractivity contribution in [3.05, 3.63) is 78.9 Å². The first-order chi connectivity index (χ1) is 22.4. The minimum Gasteiger partial charge on any atom is -0.427 e. The zero-order chi connectivity index (χ0) is 35.8. The highest BCUT2D eigenvalue weighted by Crippen LogP contribution is 2.40. The first kappa shape index (κ1) is 41.5. The Labute approximate surface area is 317 Å². The standard InChI is InChI=1S/C15H22BNO2.C9H10BrN.C5H3Br2N.C3H7BO2.B4/c1-10-12(8-9-13(17-10)11-6-7-11)16-18-14(2,3)15(4,5)19-16;1-6-8(10)4-5-9(11-6)7-2-3-7;6-4-1-2-5(7)8-3-4;5-4(6)3-1-2-3;1-4(2)3/h8-9,11H,6-7H2,1-5H3;4-5,7H,2-3H2,1H3;1-3H;3,5-6H,1-2H2;. The minimum atomic E-state index is -1.04. The largest absolute Gasteiger partial charge is 0.496 e. The van der Waals surface area contributed by atoms with Gasteiger partial charge in [0.05, 0.1) is 16.9 Å². The summed E-state index contributed by atoms with van der Waals surface area (Å²) in [5.74, 6) is 1.66. The van der Waals surface area contributed by atoms with Crippen molar-refractivity contribution in [2.45, 2.75) is 109 Å². The summed E-state index contributed by atoms with van der Waals surface area (Å²) in [4.78, 5) is 13.2. The number of pyridine rings is 3. The maximum absolute atomic E-state index is 8.25. The molecule has 4 aliphatic rings. The lowest BCUT2D eigenvalue weighted by Crippen LogP contribution is -2.41. The van der Waals surface area contributed by atoms with E-state index in [0.29, 0.717) is 5.92 Å². The van der Waals surface area contributed by atoms with E-state index in [1.807, 2.05) is 26.0 Å². The number of rotatable bonds is 4. The summed E-state index contributed by atoms with van der Waals surface area (Å²) < 4.78 is 15.1. The summed E-state index contributed by atoms with van der Waals surface area (Å²) in [6.45, 7) is 12.4. The van der Waals surface area contributed by atoms with Crippen LogP contribution in [0.15, 0.2) is 56.1 Å². The van der Waals surface area contributed by atoms with Crippen LogP contribution in [-0.4, -0.2) is 80.0 Å². The SMILES string of the molecule is Brc1ccc(Br)nc1.Cc1nc(C2CC2)ccc1B1OC(C)(C)C(C)(C)O1.Cc1nc(C2CC2)ccc1Br.OB(O)C1CC1.[B]B([B])[B]. The number of halogens is 3. The van der Waals surface area contributed by atoms with E-state index >= 15 is 0 Å². The van der Waals surface area contributed by atoms with Gasteiger partial charge in [0, 0.05) is 79.1 Å². The third-order valence-electron chi connectivity index (χ3n) is 8.42. The van der Waals surface area contributed by atoms with Gasteiger partial charge in [-0.2, -0.15) is 0 Å². The van der Waals surface area contributed by atoms with E-state index in [9.17, 15) is 0 Å². The van der Waals surface area contributed by atoms with Crippen molar-refractivity contribution >= 4 is 97.1 Å². The Morgan fingerprint density at radius 3 is 1.56 bits per heavy atom. The Bertz CT molecular complexity index is 1420. The Hall–Kier alpha value is -0.880. The van der Waals surface area contributed by atoms with Crippen LogP contribution in [0.4, 0.5) is 0 Å². The van der Waals surface area contributed by atoms with Crippen LogP contribution in [0.25, 0.3) is 0 Å². The van der Waals surface area contributed by atoms with Gasteiger partial charge in [-0.3, -0.25) is 9.97 Å². The summed E-state index contributed by atoms with van der Waals surface area (Å²) >= 11 is 9.91. The number of nitrogens with zero attached hydrogens (tertiary/aromatic N) is 3. The smallest absolute Gasteiger partial charge is 0.427 e. The molecule has 248 valence electrons. The van der Waals surface area contributed by atoms with E-state index in [1.165, 1.54) is 37.1 Å². The van der Waals surface area contributed by atoms with Crippen LogP contribution < -0.4 is 5.46 Å². The monoisotopic (exact) mass is 835 g/mol. The van der Waals surface area contributed by atoms with Gasteiger partial charge in [-0.25, -0.2) is 4.98 Å². The molecule has 0 spiro atoms. The van der Waals surface area contributed by atoms with Gasteiger partial charge < -0.3 is 19.4 Å². The molecule has 1 aliphatic heterocycles. The zero-order valence-corrected chi connectivity index (χ0v) is 33.4. The molecule has 16 heteroatoms. The number of aryl methyl sites for hydroxylation is 2. The van der Waals surface area contributed by atoms with Gasteiger partial charge in [0.1, 0.15) is 4.60 Å². The van der Waals surface area contributed by atoms with Crippen LogP contribution in [-0.2, 0) is 9.31 Å². The highest BCUT2D eigenvalue weighted by atomic mass is 79.9. The second-order valence-corrected chi connectivity index (χ2v) is 16.1. The highest BCUT2D eigenvalue weighted by Gasteiger charge is 2.52. The molecule has 4 heterocycles. The van der Waals surface area contributed by atoms with Gasteiger partial charge in [-0.15, -0.1) is 0 Å². The third-order valence-corrected chi connectivity index (χ3v) is 10.2. The summed E-state index contributed by atoms with van der Waals surface area (Å²) in [6, 6.07) is 12.3. The van der Waals surface area contributed by atoms with E-state index in [2.05, 4.69) is 133 Å². The molecular formula is C32H42B6Br3N3O4. The van der Waals surface area contributed by atoms with Crippen molar-refractivity contribution in [3.63, 3.8) is 0 Å². The molecule has 7 rings (SSSR count). The molecule has 0 bridgehead atoms. The second kappa shape index (κ2) is 18.6. The number of hydrogen-bond donors (Lipinski definition) is 2. The van der Waals surface area contributed by atoms with Crippen LogP contribution in [0.5, 0.6) is 0 Å². The van der Waals surface area contributed by atoms with Crippen molar-refractivity contribution in [2.75, 3.05) is 0 Å². The molecule has 4 fully saturated rings. The van der Waals surface area contributed by atoms with Crippen LogP contribution in [0.2, 0.25) is 5.82 Å². The molecule has 3 aromatic heterocycles. The molecule has 0 amide bonds. The molecule has 0 aromatic carbocycles. The molecule has 0 unspecified atom stereocenters. The Kier molecular flexibility index (Phi) is 16.1. The maximum atomic E-state index is 8.25. The van der Waals surface area contributed by atoms with Crippen molar-refractivity contribution in [3.8, 4) is 0 Å². The van der Waals surface area contributed by atoms with E-state index < -0.39 is 13.5 Å². The quantitative estimate of drug-likeness (QED) is 0.235. The third kappa shape index (κ3) is 14.0. The lowest BCUT2D eigenvalue weighted by molar-refractivity contribution is 0.00578. The molecular weight excluding hydrogens is 795 g/mol. The first-order valence-corrected chi connectivity index (χ1v) is 18.6. The van der Waals surface area contributed by atoms with Crippen LogP contribution in [0, 0.1) is 13.8 Å². The summed E-state index contributed by atoms with van der Waals surface area (Å²) in [5, 5.41) is 16.5. The lowest BCUT2D eigenvalue weighted by atomic mass is 9.08. The molecule has 3 saturated carbocycles. The van der Waals surface area contributed by atoms with Gasteiger partial charge in [0.25, 0.3) is 0 Å². The first-order valence-electron chi connectivity index (χ1n) is 16.3. The molecule has 48 heavy (non-hydrogen) atoms. The number of aromatic nitrogens is 3. The fourth-order valence-electron chi connectivity index (χ4n) is 4.34. The predicted octanol–water partition coefficient (Wildman–Crippen LogP) is 6.30. The molecule has 2 N–H and O–H groups in total. The normalized spacial score (nSPS) is 18.4. The topological polar surface area (TPSA) is 97.6 Å². The minimum absolute atomic E-state index is 0.213. The van der Waals surface area contributed by atoms with Crippen molar-refractivity contribution in [1.29, 1.82) is 0 Å². The van der Waals surface area contributed by atoms with Gasteiger partial charge >= 0.3 is 14.2 Å². The van der Waals surface area contributed by atoms with Gasteiger partial charge in [0.2, 0.25) is 0 Å². The lowest BCUT2D eigenvalue weighted by Gasteiger charge is -2.32. The van der Waals surface area contributed by atoms with Crippen LogP contribution in [0.3, 0.4) is 0 Å². The summed E-state index contributed by atoms with van der Waals surface area (Å²) in [7, 11) is 12.7. The molecule has 3 aliphatic carbocycles. The average Bonchev–Trinajstić information content (AvgIpc) is 3.86. The van der Waals surface area contributed by atoms with Crippen molar-refractivity contribution in [2.24, 2.45) is 0 Å². The van der Waals surface area contributed by atoms with Crippen LogP contribution >= 0.6 is 47.8 Å². The fraction of sp³-hybridized carbons (Fsp3) is 0.531. The van der Waals surface area contributed by atoms with Gasteiger partial charge in [0.15, 0.2) is 0 Å². The highest BCUT2D eigenvalue weighted by molar-refractivity contribution is 9.11. The zero-order valence-electron chi connectivity index (χ0n) is 28.7. The van der Waals surface area contributed by atoms with E-state index in [1.54, 1.807) is 6.20 Å².